The Morgan fingerprint density at radius 1 is 1.05 bits per heavy atom. The topological polar surface area (TPSA) is 12.0 Å². The van der Waals surface area contributed by atoms with Gasteiger partial charge in [-0.05, 0) is 37.8 Å². The number of nitrogens with one attached hydrogen (secondary N) is 1. The summed E-state index contributed by atoms with van der Waals surface area (Å²) in [5, 5.41) is 5.39. The van der Waals surface area contributed by atoms with Crippen LogP contribution in [-0.2, 0) is 6.54 Å². The second kappa shape index (κ2) is 7.89. The molecule has 1 saturated carbocycles. The molecule has 0 spiro atoms. The highest BCUT2D eigenvalue weighted by Crippen LogP contribution is 2.32. The Kier molecular flexibility index (Phi) is 6.48. The zero-order chi connectivity index (χ0) is 14.5. The van der Waals surface area contributed by atoms with Gasteiger partial charge in [0.15, 0.2) is 0 Å². The molecule has 4 heteroatoms. The number of hydrogen-bond acceptors (Lipinski definition) is 1. The van der Waals surface area contributed by atoms with E-state index in [9.17, 15) is 0 Å². The van der Waals surface area contributed by atoms with Gasteiger partial charge in [-0.15, -0.1) is 0 Å². The summed E-state index contributed by atoms with van der Waals surface area (Å²) >= 11 is 18.5. The molecule has 0 saturated heterocycles. The van der Waals surface area contributed by atoms with E-state index in [0.717, 1.165) is 11.5 Å². The van der Waals surface area contributed by atoms with Gasteiger partial charge in [-0.3, -0.25) is 0 Å². The first kappa shape index (κ1) is 16.4. The third-order valence-electron chi connectivity index (χ3n) is 4.35. The first-order valence-electron chi connectivity index (χ1n) is 7.45. The summed E-state index contributed by atoms with van der Waals surface area (Å²) in [4.78, 5) is 0. The molecule has 1 fully saturated rings. The Balaban J connectivity index is 1.96. The fourth-order valence-electron chi connectivity index (χ4n) is 2.97. The molecule has 20 heavy (non-hydrogen) atoms. The monoisotopic (exact) mass is 333 g/mol. The minimum absolute atomic E-state index is 0.485. The predicted molar refractivity (Wildman–Crippen MR) is 89.0 cm³/mol. The summed E-state index contributed by atoms with van der Waals surface area (Å²) in [6.45, 7) is 2.94. The third-order valence-corrected chi connectivity index (χ3v) is 5.54. The van der Waals surface area contributed by atoms with Crippen LogP contribution >= 0.6 is 34.8 Å². The minimum atomic E-state index is 0.485. The summed E-state index contributed by atoms with van der Waals surface area (Å²) in [5.41, 5.74) is 0.904. The van der Waals surface area contributed by atoms with Crippen LogP contribution in [0.4, 0.5) is 0 Å². The van der Waals surface area contributed by atoms with Crippen molar-refractivity contribution in [1.29, 1.82) is 0 Å². The van der Waals surface area contributed by atoms with Crippen molar-refractivity contribution >= 4 is 34.8 Å². The SMILES string of the molecule is C[C@@H](NCc1c(Cl)ccc(Cl)c1Cl)C1CCCCCC1. The number of hydrogen-bond donors (Lipinski definition) is 1. The highest BCUT2D eigenvalue weighted by Gasteiger charge is 2.19. The zero-order valence-corrected chi connectivity index (χ0v) is 14.2. The van der Waals surface area contributed by atoms with Crippen molar-refractivity contribution in [1.82, 2.24) is 5.32 Å². The predicted octanol–water partition coefficient (Wildman–Crippen LogP) is 6.10. The van der Waals surface area contributed by atoms with Crippen molar-refractivity contribution in [3.05, 3.63) is 32.8 Å². The molecule has 1 aromatic rings. The fraction of sp³-hybridized carbons (Fsp3) is 0.625. The maximum Gasteiger partial charge on any atom is 0.0652 e. The van der Waals surface area contributed by atoms with Crippen LogP contribution in [0.15, 0.2) is 12.1 Å². The molecule has 1 aliphatic rings. The molecule has 1 atom stereocenters. The van der Waals surface area contributed by atoms with Crippen molar-refractivity contribution in [3.63, 3.8) is 0 Å². The third kappa shape index (κ3) is 4.27. The Morgan fingerprint density at radius 2 is 1.65 bits per heavy atom. The van der Waals surface area contributed by atoms with Crippen LogP contribution in [0, 0.1) is 5.92 Å². The van der Waals surface area contributed by atoms with E-state index in [1.807, 2.05) is 6.07 Å². The largest absolute Gasteiger partial charge is 0.310 e. The highest BCUT2D eigenvalue weighted by molar-refractivity contribution is 6.44. The van der Waals surface area contributed by atoms with Gasteiger partial charge in [0.1, 0.15) is 0 Å². The van der Waals surface area contributed by atoms with Gasteiger partial charge in [0.05, 0.1) is 10.0 Å². The lowest BCUT2D eigenvalue weighted by molar-refractivity contribution is 0.337. The van der Waals surface area contributed by atoms with Crippen molar-refractivity contribution in [2.75, 3.05) is 0 Å². The summed E-state index contributed by atoms with van der Waals surface area (Å²) < 4.78 is 0. The molecule has 0 bridgehead atoms. The standard InChI is InChI=1S/C16H22Cl3N/c1-11(12-6-4-2-3-5-7-12)20-10-13-14(17)8-9-15(18)16(13)19/h8-9,11-12,20H,2-7,10H2,1H3/t11-/m1/s1. The van der Waals surface area contributed by atoms with Crippen molar-refractivity contribution < 1.29 is 0 Å². The quantitative estimate of drug-likeness (QED) is 0.518. The average molecular weight is 335 g/mol. The summed E-state index contributed by atoms with van der Waals surface area (Å²) in [5.74, 6) is 0.759. The maximum absolute atomic E-state index is 6.24. The van der Waals surface area contributed by atoms with E-state index in [-0.39, 0.29) is 0 Å². The molecule has 1 aliphatic carbocycles. The van der Waals surface area contributed by atoms with Crippen LogP contribution in [0.25, 0.3) is 0 Å². The van der Waals surface area contributed by atoms with E-state index >= 15 is 0 Å². The lowest BCUT2D eigenvalue weighted by atomic mass is 9.93. The molecule has 2 rings (SSSR count). The second-order valence-corrected chi connectivity index (χ2v) is 6.94. The Hall–Kier alpha value is 0.0500. The maximum atomic E-state index is 6.24. The molecule has 0 heterocycles. The lowest BCUT2D eigenvalue weighted by Gasteiger charge is -2.24. The van der Waals surface area contributed by atoms with E-state index in [2.05, 4.69) is 12.2 Å². The smallest absolute Gasteiger partial charge is 0.0652 e. The fourth-order valence-corrected chi connectivity index (χ4v) is 3.65. The normalized spacial score (nSPS) is 18.8. The van der Waals surface area contributed by atoms with Gasteiger partial charge in [-0.25, -0.2) is 0 Å². The van der Waals surface area contributed by atoms with Crippen LogP contribution in [0.3, 0.4) is 0 Å². The zero-order valence-electron chi connectivity index (χ0n) is 11.9. The summed E-state index contributed by atoms with van der Waals surface area (Å²) in [6.07, 6.45) is 8.13. The van der Waals surface area contributed by atoms with E-state index in [1.54, 1.807) is 6.07 Å². The van der Waals surface area contributed by atoms with Crippen molar-refractivity contribution in [2.45, 2.75) is 58.0 Å². The van der Waals surface area contributed by atoms with E-state index in [1.165, 1.54) is 38.5 Å². The van der Waals surface area contributed by atoms with Crippen LogP contribution in [0.5, 0.6) is 0 Å². The molecular formula is C16H22Cl3N. The van der Waals surface area contributed by atoms with Gasteiger partial charge in [0.25, 0.3) is 0 Å². The molecule has 0 aromatic heterocycles. The van der Waals surface area contributed by atoms with Gasteiger partial charge in [-0.2, -0.15) is 0 Å². The molecule has 0 radical (unpaired) electrons. The van der Waals surface area contributed by atoms with Crippen LogP contribution in [0.2, 0.25) is 15.1 Å². The summed E-state index contributed by atoms with van der Waals surface area (Å²) in [7, 11) is 0. The molecular weight excluding hydrogens is 313 g/mol. The Bertz CT molecular complexity index is 440. The molecule has 1 nitrogen and oxygen atoms in total. The highest BCUT2D eigenvalue weighted by atomic mass is 35.5. The van der Waals surface area contributed by atoms with E-state index < -0.39 is 0 Å². The average Bonchev–Trinajstić information content (AvgIpc) is 2.72. The molecule has 1 N–H and O–H groups in total. The van der Waals surface area contributed by atoms with Crippen molar-refractivity contribution in [3.8, 4) is 0 Å². The lowest BCUT2D eigenvalue weighted by Crippen LogP contribution is -2.33. The number of rotatable bonds is 4. The van der Waals surface area contributed by atoms with Gasteiger partial charge >= 0.3 is 0 Å². The van der Waals surface area contributed by atoms with Crippen molar-refractivity contribution in [2.24, 2.45) is 5.92 Å². The second-order valence-electron chi connectivity index (χ2n) is 5.74. The van der Waals surface area contributed by atoms with Gasteiger partial charge in [-0.1, -0.05) is 60.5 Å². The van der Waals surface area contributed by atoms with Gasteiger partial charge in [0.2, 0.25) is 0 Å². The van der Waals surface area contributed by atoms with Crippen LogP contribution in [0.1, 0.15) is 51.0 Å². The number of halogens is 3. The first-order chi connectivity index (χ1) is 9.59. The van der Waals surface area contributed by atoms with Gasteiger partial charge in [0, 0.05) is 23.2 Å². The Labute approximate surface area is 137 Å². The minimum Gasteiger partial charge on any atom is -0.310 e. The first-order valence-corrected chi connectivity index (χ1v) is 8.58. The van der Waals surface area contributed by atoms with E-state index in [0.29, 0.717) is 27.7 Å². The van der Waals surface area contributed by atoms with Crippen LogP contribution < -0.4 is 5.32 Å². The molecule has 0 amide bonds. The Morgan fingerprint density at radius 3 is 2.30 bits per heavy atom. The molecule has 0 aliphatic heterocycles. The summed E-state index contributed by atoms with van der Waals surface area (Å²) in [6, 6.07) is 4.03. The molecule has 112 valence electrons. The van der Waals surface area contributed by atoms with Crippen LogP contribution in [-0.4, -0.2) is 6.04 Å². The van der Waals surface area contributed by atoms with Gasteiger partial charge < -0.3 is 5.32 Å². The molecule has 1 aromatic carbocycles. The number of benzene rings is 1. The van der Waals surface area contributed by atoms with E-state index in [4.69, 9.17) is 34.8 Å². The molecule has 0 unspecified atom stereocenters.